The zero-order chi connectivity index (χ0) is 12.1. The van der Waals surface area contributed by atoms with Crippen molar-refractivity contribution in [1.29, 1.82) is 0 Å². The largest absolute Gasteiger partial charge is 0.496 e. The molecule has 0 aliphatic rings. The molecule has 0 saturated carbocycles. The topological polar surface area (TPSA) is 58.6 Å². The van der Waals surface area contributed by atoms with Gasteiger partial charge in [0.2, 0.25) is 0 Å². The van der Waals surface area contributed by atoms with E-state index in [2.05, 4.69) is 21.2 Å². The van der Waals surface area contributed by atoms with Crippen molar-refractivity contribution in [3.63, 3.8) is 0 Å². The fraction of sp³-hybridized carbons (Fsp3) is 0.364. The van der Waals surface area contributed by atoms with Gasteiger partial charge in [0.15, 0.2) is 0 Å². The smallest absolute Gasteiger partial charge is 0.255 e. The minimum atomic E-state index is -0.277. The van der Waals surface area contributed by atoms with E-state index in [9.17, 15) is 4.79 Å². The summed E-state index contributed by atoms with van der Waals surface area (Å²) in [5.74, 6) is 0.239. The van der Waals surface area contributed by atoms with Crippen molar-refractivity contribution >= 4 is 21.8 Å². The number of carbonyl (C=O) groups is 1. The summed E-state index contributed by atoms with van der Waals surface area (Å²) in [4.78, 5) is 11.8. The van der Waals surface area contributed by atoms with Gasteiger partial charge in [-0.05, 0) is 25.1 Å². The van der Waals surface area contributed by atoms with Crippen LogP contribution in [0.3, 0.4) is 0 Å². The fourth-order valence-electron chi connectivity index (χ4n) is 1.20. The Bertz CT molecular complexity index is 381. The average molecular weight is 288 g/mol. The number of ether oxygens (including phenoxy) is 1. The van der Waals surface area contributed by atoms with Gasteiger partial charge in [0.25, 0.3) is 5.91 Å². The standard InChI is InChI=1S/C11H14BrNO3/c1-7(6-14)13-11(15)9-4-3-8(12)5-10(9)16-2/h3-5,7,14H,6H2,1-2H3,(H,13,15)/t7-/m0/s1. The molecule has 0 bridgehead atoms. The first kappa shape index (κ1) is 13.0. The zero-order valence-corrected chi connectivity index (χ0v) is 10.7. The summed E-state index contributed by atoms with van der Waals surface area (Å²) >= 11 is 3.30. The molecule has 2 N–H and O–H groups in total. The molecule has 0 spiro atoms. The Morgan fingerprint density at radius 1 is 1.62 bits per heavy atom. The first-order valence-corrected chi connectivity index (χ1v) is 5.63. The average Bonchev–Trinajstić information content (AvgIpc) is 2.28. The molecule has 4 nitrogen and oxygen atoms in total. The van der Waals surface area contributed by atoms with E-state index in [1.54, 1.807) is 25.1 Å². The van der Waals surface area contributed by atoms with Crippen LogP contribution in [0.2, 0.25) is 0 Å². The molecule has 0 radical (unpaired) electrons. The Morgan fingerprint density at radius 3 is 2.88 bits per heavy atom. The summed E-state index contributed by atoms with van der Waals surface area (Å²) in [7, 11) is 1.51. The molecule has 1 atom stereocenters. The third-order valence-electron chi connectivity index (χ3n) is 2.06. The van der Waals surface area contributed by atoms with Crippen LogP contribution in [0.5, 0.6) is 5.75 Å². The summed E-state index contributed by atoms with van der Waals surface area (Å²) in [6, 6.07) is 4.88. The molecule has 1 amide bonds. The molecule has 0 saturated heterocycles. The number of hydrogen-bond acceptors (Lipinski definition) is 3. The van der Waals surface area contributed by atoms with Crippen molar-refractivity contribution < 1.29 is 14.6 Å². The van der Waals surface area contributed by atoms with Crippen LogP contribution < -0.4 is 10.1 Å². The maximum absolute atomic E-state index is 11.8. The van der Waals surface area contributed by atoms with Gasteiger partial charge in [0, 0.05) is 10.5 Å². The van der Waals surface area contributed by atoms with Crippen LogP contribution in [0.4, 0.5) is 0 Å². The number of amides is 1. The highest BCUT2D eigenvalue weighted by Crippen LogP contribution is 2.23. The van der Waals surface area contributed by atoms with E-state index in [4.69, 9.17) is 9.84 Å². The lowest BCUT2D eigenvalue weighted by Gasteiger charge is -2.13. The number of carbonyl (C=O) groups excluding carboxylic acids is 1. The van der Waals surface area contributed by atoms with E-state index in [1.165, 1.54) is 7.11 Å². The van der Waals surface area contributed by atoms with E-state index < -0.39 is 0 Å². The predicted molar refractivity (Wildman–Crippen MR) is 64.7 cm³/mol. The lowest BCUT2D eigenvalue weighted by Crippen LogP contribution is -2.35. The Kier molecular flexibility index (Phi) is 4.76. The van der Waals surface area contributed by atoms with Crippen molar-refractivity contribution in [2.45, 2.75) is 13.0 Å². The first-order valence-electron chi connectivity index (χ1n) is 4.83. The summed E-state index contributed by atoms with van der Waals surface area (Å²) in [5, 5.41) is 11.5. The van der Waals surface area contributed by atoms with Crippen molar-refractivity contribution in [3.05, 3.63) is 28.2 Å². The van der Waals surface area contributed by atoms with Gasteiger partial charge in [-0.2, -0.15) is 0 Å². The van der Waals surface area contributed by atoms with Gasteiger partial charge in [-0.1, -0.05) is 15.9 Å². The molecule has 1 rings (SSSR count). The summed E-state index contributed by atoms with van der Waals surface area (Å²) < 4.78 is 5.95. The molecular formula is C11H14BrNO3. The van der Waals surface area contributed by atoms with Gasteiger partial charge in [0.05, 0.1) is 19.3 Å². The van der Waals surface area contributed by atoms with Gasteiger partial charge in [-0.15, -0.1) is 0 Å². The zero-order valence-electron chi connectivity index (χ0n) is 9.16. The quantitative estimate of drug-likeness (QED) is 0.884. The molecule has 0 fully saturated rings. The number of aliphatic hydroxyl groups excluding tert-OH is 1. The van der Waals surface area contributed by atoms with E-state index in [0.29, 0.717) is 11.3 Å². The minimum Gasteiger partial charge on any atom is -0.496 e. The third kappa shape index (κ3) is 3.21. The van der Waals surface area contributed by atoms with Crippen LogP contribution in [0.15, 0.2) is 22.7 Å². The molecule has 5 heteroatoms. The number of aliphatic hydroxyl groups is 1. The molecule has 0 aromatic heterocycles. The molecule has 16 heavy (non-hydrogen) atoms. The van der Waals surface area contributed by atoms with Gasteiger partial charge >= 0.3 is 0 Å². The highest BCUT2D eigenvalue weighted by molar-refractivity contribution is 9.10. The van der Waals surface area contributed by atoms with Crippen molar-refractivity contribution in [3.8, 4) is 5.75 Å². The van der Waals surface area contributed by atoms with E-state index >= 15 is 0 Å². The van der Waals surface area contributed by atoms with E-state index in [-0.39, 0.29) is 18.6 Å². The minimum absolute atomic E-state index is 0.0927. The summed E-state index contributed by atoms with van der Waals surface area (Å²) in [6.45, 7) is 1.63. The molecule has 1 aromatic carbocycles. The van der Waals surface area contributed by atoms with Crippen LogP contribution in [0.25, 0.3) is 0 Å². The van der Waals surface area contributed by atoms with E-state index in [0.717, 1.165) is 4.47 Å². The molecule has 0 aliphatic heterocycles. The highest BCUT2D eigenvalue weighted by Gasteiger charge is 2.14. The van der Waals surface area contributed by atoms with Gasteiger partial charge in [-0.25, -0.2) is 0 Å². The fourth-order valence-corrected chi connectivity index (χ4v) is 1.54. The molecule has 0 heterocycles. The number of hydrogen-bond donors (Lipinski definition) is 2. The summed E-state index contributed by atoms with van der Waals surface area (Å²) in [6.07, 6.45) is 0. The van der Waals surface area contributed by atoms with Crippen LogP contribution in [-0.2, 0) is 0 Å². The van der Waals surface area contributed by atoms with Crippen molar-refractivity contribution in [2.24, 2.45) is 0 Å². The van der Waals surface area contributed by atoms with Crippen LogP contribution in [0, 0.1) is 0 Å². The van der Waals surface area contributed by atoms with Gasteiger partial charge < -0.3 is 15.2 Å². The van der Waals surface area contributed by atoms with Crippen LogP contribution in [-0.4, -0.2) is 30.8 Å². The Hall–Kier alpha value is -1.07. The molecule has 0 unspecified atom stereocenters. The predicted octanol–water partition coefficient (Wildman–Crippen LogP) is 1.57. The van der Waals surface area contributed by atoms with Crippen LogP contribution >= 0.6 is 15.9 Å². The molecule has 1 aromatic rings. The second-order valence-electron chi connectivity index (χ2n) is 3.40. The Balaban J connectivity index is 2.90. The normalized spacial score (nSPS) is 12.0. The number of methoxy groups -OCH3 is 1. The SMILES string of the molecule is COc1cc(Br)ccc1C(=O)N[C@@H](C)CO. The maximum atomic E-state index is 11.8. The summed E-state index contributed by atoms with van der Waals surface area (Å²) in [5.41, 5.74) is 0.450. The lowest BCUT2D eigenvalue weighted by atomic mass is 10.2. The number of halogens is 1. The second-order valence-corrected chi connectivity index (χ2v) is 4.32. The number of nitrogens with one attached hydrogen (secondary N) is 1. The Labute approximate surface area is 103 Å². The van der Waals surface area contributed by atoms with Gasteiger partial charge in [-0.3, -0.25) is 4.79 Å². The lowest BCUT2D eigenvalue weighted by molar-refractivity contribution is 0.0919. The number of rotatable bonds is 4. The Morgan fingerprint density at radius 2 is 2.31 bits per heavy atom. The first-order chi connectivity index (χ1) is 7.58. The van der Waals surface area contributed by atoms with E-state index in [1.807, 2.05) is 0 Å². The van der Waals surface area contributed by atoms with Crippen molar-refractivity contribution in [2.75, 3.05) is 13.7 Å². The third-order valence-corrected chi connectivity index (χ3v) is 2.55. The molecule has 88 valence electrons. The van der Waals surface area contributed by atoms with Crippen LogP contribution in [0.1, 0.15) is 17.3 Å². The maximum Gasteiger partial charge on any atom is 0.255 e. The second kappa shape index (κ2) is 5.86. The van der Waals surface area contributed by atoms with Gasteiger partial charge in [0.1, 0.15) is 5.75 Å². The highest BCUT2D eigenvalue weighted by atomic mass is 79.9. The van der Waals surface area contributed by atoms with Crippen molar-refractivity contribution in [1.82, 2.24) is 5.32 Å². The monoisotopic (exact) mass is 287 g/mol. The number of benzene rings is 1. The molecular weight excluding hydrogens is 274 g/mol. The molecule has 0 aliphatic carbocycles.